The van der Waals surface area contributed by atoms with E-state index in [9.17, 15) is 9.59 Å². The molecule has 1 heterocycles. The van der Waals surface area contributed by atoms with Crippen LogP contribution in [-0.2, 0) is 9.53 Å². The largest absolute Gasteiger partial charge is 0.459 e. The molecule has 1 fully saturated rings. The Morgan fingerprint density at radius 3 is 2.35 bits per heavy atom. The first-order valence-corrected chi connectivity index (χ1v) is 10.1. The normalized spacial score (nSPS) is 22.1. The monoisotopic (exact) mass is 420 g/mol. The highest BCUT2D eigenvalue weighted by Gasteiger charge is 2.33. The molecular weight excluding hydrogens is 396 g/mol. The van der Waals surface area contributed by atoms with Crippen molar-refractivity contribution in [3.8, 4) is 0 Å². The highest BCUT2D eigenvalue weighted by molar-refractivity contribution is 9.10. The molecule has 5 nitrogen and oxygen atoms in total. The number of carbonyl (C=O) groups is 2. The number of allylic oxidation sites excluding steroid dienone is 1. The number of hydrogen-bond donors (Lipinski definition) is 2. The smallest absolute Gasteiger partial charge is 0.338 e. The summed E-state index contributed by atoms with van der Waals surface area (Å²) < 4.78 is 6.80. The lowest BCUT2D eigenvalue weighted by Crippen LogP contribution is -2.45. The van der Waals surface area contributed by atoms with E-state index in [0.717, 1.165) is 35.7 Å². The van der Waals surface area contributed by atoms with Crippen molar-refractivity contribution in [2.24, 2.45) is 0 Å². The van der Waals surface area contributed by atoms with E-state index >= 15 is 0 Å². The van der Waals surface area contributed by atoms with Crippen molar-refractivity contribution in [1.29, 1.82) is 0 Å². The molecule has 1 aromatic rings. The van der Waals surface area contributed by atoms with E-state index in [1.54, 1.807) is 6.92 Å². The minimum atomic E-state index is -0.502. The van der Waals surface area contributed by atoms with Gasteiger partial charge in [0.05, 0.1) is 11.6 Å². The number of nitrogens with one attached hydrogen (secondary N) is 2. The second-order valence-electron chi connectivity index (χ2n) is 6.99. The summed E-state index contributed by atoms with van der Waals surface area (Å²) in [7, 11) is 0. The minimum absolute atomic E-state index is 0.0358. The lowest BCUT2D eigenvalue weighted by Gasteiger charge is -2.29. The van der Waals surface area contributed by atoms with Gasteiger partial charge in [0.15, 0.2) is 0 Å². The second kappa shape index (κ2) is 8.71. The van der Waals surface area contributed by atoms with Crippen LogP contribution in [0.4, 0.5) is 4.79 Å². The van der Waals surface area contributed by atoms with Crippen molar-refractivity contribution in [3.05, 3.63) is 45.6 Å². The van der Waals surface area contributed by atoms with Gasteiger partial charge >= 0.3 is 12.0 Å². The third kappa shape index (κ3) is 4.67. The molecule has 0 bridgehead atoms. The van der Waals surface area contributed by atoms with Crippen LogP contribution in [0.25, 0.3) is 0 Å². The molecule has 1 unspecified atom stereocenters. The summed E-state index contributed by atoms with van der Waals surface area (Å²) in [6, 6.07) is 6.79. The van der Waals surface area contributed by atoms with E-state index in [1.165, 1.54) is 19.3 Å². The fourth-order valence-electron chi connectivity index (χ4n) is 3.62. The predicted octanol–water partition coefficient (Wildman–Crippen LogP) is 4.73. The third-order valence-corrected chi connectivity index (χ3v) is 5.55. The molecule has 26 heavy (non-hydrogen) atoms. The minimum Gasteiger partial charge on any atom is -0.459 e. The van der Waals surface area contributed by atoms with Gasteiger partial charge in [0.1, 0.15) is 6.10 Å². The average molecular weight is 421 g/mol. The molecule has 1 atom stereocenters. The van der Waals surface area contributed by atoms with Gasteiger partial charge in [-0.05, 0) is 50.3 Å². The average Bonchev–Trinajstić information content (AvgIpc) is 2.57. The molecule has 140 valence electrons. The van der Waals surface area contributed by atoms with Crippen LogP contribution in [-0.4, -0.2) is 18.1 Å². The molecule has 1 aliphatic heterocycles. The Bertz CT molecular complexity index is 692. The molecule has 2 aliphatic rings. The Hall–Kier alpha value is -1.82. The van der Waals surface area contributed by atoms with E-state index in [1.807, 2.05) is 24.3 Å². The van der Waals surface area contributed by atoms with Gasteiger partial charge in [-0.25, -0.2) is 9.59 Å². The number of ether oxygens (including phenoxy) is 1. The van der Waals surface area contributed by atoms with E-state index in [2.05, 4.69) is 26.6 Å². The van der Waals surface area contributed by atoms with Gasteiger partial charge in [-0.3, -0.25) is 0 Å². The van der Waals surface area contributed by atoms with Crippen LogP contribution < -0.4 is 10.6 Å². The molecule has 1 aromatic carbocycles. The summed E-state index contributed by atoms with van der Waals surface area (Å²) in [6.45, 7) is 1.75. The summed E-state index contributed by atoms with van der Waals surface area (Å²) >= 11 is 3.41. The molecule has 2 N–H and O–H groups in total. The topological polar surface area (TPSA) is 67.4 Å². The highest BCUT2D eigenvalue weighted by Crippen LogP contribution is 2.30. The molecule has 2 amide bonds. The van der Waals surface area contributed by atoms with Gasteiger partial charge in [0, 0.05) is 10.2 Å². The second-order valence-corrected chi connectivity index (χ2v) is 7.91. The number of urea groups is 1. The van der Waals surface area contributed by atoms with E-state index in [0.29, 0.717) is 11.3 Å². The van der Waals surface area contributed by atoms with Crippen LogP contribution in [0.2, 0.25) is 0 Å². The summed E-state index contributed by atoms with van der Waals surface area (Å²) in [5.41, 5.74) is 1.89. The summed E-state index contributed by atoms with van der Waals surface area (Å²) in [4.78, 5) is 24.9. The van der Waals surface area contributed by atoms with Crippen molar-refractivity contribution >= 4 is 27.9 Å². The van der Waals surface area contributed by atoms with Crippen molar-refractivity contribution in [2.75, 3.05) is 0 Å². The maximum absolute atomic E-state index is 13.0. The molecule has 6 heteroatoms. The fourth-order valence-corrected chi connectivity index (χ4v) is 3.89. The van der Waals surface area contributed by atoms with E-state index < -0.39 is 6.04 Å². The predicted molar refractivity (Wildman–Crippen MR) is 103 cm³/mol. The quantitative estimate of drug-likeness (QED) is 0.694. The van der Waals surface area contributed by atoms with Gasteiger partial charge in [0.2, 0.25) is 0 Å². The molecule has 1 aliphatic carbocycles. The first kappa shape index (κ1) is 19.0. The number of carbonyl (C=O) groups excluding carboxylic acids is 2. The molecule has 0 spiro atoms. The van der Waals surface area contributed by atoms with Gasteiger partial charge in [-0.2, -0.15) is 0 Å². The van der Waals surface area contributed by atoms with Crippen LogP contribution in [0.15, 0.2) is 40.0 Å². The third-order valence-electron chi connectivity index (χ3n) is 5.02. The zero-order chi connectivity index (χ0) is 18.5. The number of hydrogen-bond acceptors (Lipinski definition) is 3. The molecule has 0 aromatic heterocycles. The number of halogens is 1. The Kier molecular flexibility index (Phi) is 6.35. The summed E-state index contributed by atoms with van der Waals surface area (Å²) in [6.07, 6.45) is 7.67. The van der Waals surface area contributed by atoms with Crippen molar-refractivity contribution in [3.63, 3.8) is 0 Å². The molecule has 0 radical (unpaired) electrons. The van der Waals surface area contributed by atoms with Crippen LogP contribution in [0.1, 0.15) is 63.5 Å². The van der Waals surface area contributed by atoms with Gasteiger partial charge < -0.3 is 15.4 Å². The number of esters is 1. The first-order valence-electron chi connectivity index (χ1n) is 9.29. The fraction of sp³-hybridized carbons (Fsp3) is 0.500. The van der Waals surface area contributed by atoms with Gasteiger partial charge in [-0.1, -0.05) is 47.3 Å². The Labute approximate surface area is 162 Å². The van der Waals surface area contributed by atoms with Crippen molar-refractivity contribution in [2.45, 2.75) is 64.0 Å². The van der Waals surface area contributed by atoms with E-state index in [-0.39, 0.29) is 18.1 Å². The van der Waals surface area contributed by atoms with Crippen LogP contribution in [0, 0.1) is 0 Å². The van der Waals surface area contributed by atoms with E-state index in [4.69, 9.17) is 4.74 Å². The number of amides is 2. The van der Waals surface area contributed by atoms with Crippen LogP contribution in [0.3, 0.4) is 0 Å². The highest BCUT2D eigenvalue weighted by atomic mass is 79.9. The van der Waals surface area contributed by atoms with Gasteiger partial charge in [-0.15, -0.1) is 0 Å². The zero-order valence-corrected chi connectivity index (χ0v) is 16.6. The Balaban J connectivity index is 1.81. The molecule has 1 saturated carbocycles. The standard InChI is InChI=1S/C20H25BrN2O3/c1-13-17(19(24)26-16-7-5-3-2-4-6-8-16)18(23-20(25)22-13)14-9-11-15(21)12-10-14/h9-12,16,18H,2-8H2,1H3,(H2,22,23,25). The maximum Gasteiger partial charge on any atom is 0.338 e. The SMILES string of the molecule is CC1=C(C(=O)OC2CCCCCCC2)C(c2ccc(Br)cc2)NC(=O)N1. The lowest BCUT2D eigenvalue weighted by atomic mass is 9.95. The Morgan fingerprint density at radius 2 is 1.69 bits per heavy atom. The lowest BCUT2D eigenvalue weighted by molar-refractivity contribution is -0.145. The maximum atomic E-state index is 13.0. The van der Waals surface area contributed by atoms with Crippen LogP contribution in [0.5, 0.6) is 0 Å². The van der Waals surface area contributed by atoms with Crippen molar-refractivity contribution < 1.29 is 14.3 Å². The molecular formula is C20H25BrN2O3. The zero-order valence-electron chi connectivity index (χ0n) is 15.0. The first-order chi connectivity index (χ1) is 12.5. The van der Waals surface area contributed by atoms with Crippen LogP contribution >= 0.6 is 15.9 Å². The molecule has 3 rings (SSSR count). The molecule has 0 saturated heterocycles. The van der Waals surface area contributed by atoms with Crippen molar-refractivity contribution in [1.82, 2.24) is 10.6 Å². The summed E-state index contributed by atoms with van der Waals surface area (Å²) in [5.74, 6) is -0.339. The Morgan fingerprint density at radius 1 is 1.08 bits per heavy atom. The summed E-state index contributed by atoms with van der Waals surface area (Å²) in [5, 5.41) is 5.55. The number of benzene rings is 1. The number of rotatable bonds is 3. The van der Waals surface area contributed by atoms with Gasteiger partial charge in [0.25, 0.3) is 0 Å².